The van der Waals surface area contributed by atoms with Gasteiger partial charge >= 0.3 is 0 Å². The Morgan fingerprint density at radius 3 is 2.94 bits per heavy atom. The van der Waals surface area contributed by atoms with Crippen molar-refractivity contribution in [3.8, 4) is 0 Å². The van der Waals surface area contributed by atoms with Crippen LogP contribution in [0.2, 0.25) is 0 Å². The van der Waals surface area contributed by atoms with E-state index in [4.69, 9.17) is 0 Å². The van der Waals surface area contributed by atoms with Gasteiger partial charge in [-0.2, -0.15) is 0 Å². The van der Waals surface area contributed by atoms with Gasteiger partial charge in [0.05, 0.1) is 0 Å². The van der Waals surface area contributed by atoms with Crippen molar-refractivity contribution < 1.29 is 4.79 Å². The average molecular weight is 249 g/mol. The largest absolute Gasteiger partial charge is 0.337 e. The Kier molecular flexibility index (Phi) is 4.15. The van der Waals surface area contributed by atoms with Gasteiger partial charge in [0.1, 0.15) is 5.69 Å². The van der Waals surface area contributed by atoms with Crippen molar-refractivity contribution in [3.05, 3.63) is 34.2 Å². The van der Waals surface area contributed by atoms with Crippen LogP contribution in [-0.4, -0.2) is 42.0 Å². The molecule has 0 aliphatic carbocycles. The van der Waals surface area contributed by atoms with Crippen LogP contribution in [0, 0.1) is 0 Å². The number of carbonyl (C=O) groups is 1. The predicted molar refractivity (Wildman–Crippen MR) is 69.7 cm³/mol. The van der Waals surface area contributed by atoms with Gasteiger partial charge in [-0.05, 0) is 38.4 Å². The minimum atomic E-state index is -0.239. The van der Waals surface area contributed by atoms with Crippen LogP contribution in [0.4, 0.5) is 0 Å². The lowest BCUT2D eigenvalue weighted by molar-refractivity contribution is 0.0714. The molecule has 2 rings (SSSR count). The minimum Gasteiger partial charge on any atom is -0.337 e. The third-order valence-corrected chi connectivity index (χ3v) is 3.41. The summed E-state index contributed by atoms with van der Waals surface area (Å²) in [6.07, 6.45) is 3.04. The Morgan fingerprint density at radius 1 is 1.33 bits per heavy atom. The Bertz CT molecular complexity index is 461. The van der Waals surface area contributed by atoms with Crippen LogP contribution in [-0.2, 0) is 0 Å². The van der Waals surface area contributed by atoms with Crippen LogP contribution in [0.15, 0.2) is 23.0 Å². The van der Waals surface area contributed by atoms with Gasteiger partial charge in [-0.25, -0.2) is 0 Å². The van der Waals surface area contributed by atoms with Gasteiger partial charge in [0, 0.05) is 19.2 Å². The van der Waals surface area contributed by atoms with Crippen molar-refractivity contribution in [2.75, 3.05) is 20.1 Å². The zero-order chi connectivity index (χ0) is 13.0. The molecule has 2 N–H and O–H groups in total. The lowest BCUT2D eigenvalue weighted by Crippen LogP contribution is -2.38. The summed E-state index contributed by atoms with van der Waals surface area (Å²) in [6, 6.07) is 4.91. The molecule has 5 nitrogen and oxygen atoms in total. The van der Waals surface area contributed by atoms with Crippen molar-refractivity contribution >= 4 is 5.91 Å². The molecule has 0 spiro atoms. The number of pyridine rings is 1. The Labute approximate surface area is 106 Å². The van der Waals surface area contributed by atoms with Crippen molar-refractivity contribution in [3.63, 3.8) is 0 Å². The summed E-state index contributed by atoms with van der Waals surface area (Å²) in [5.74, 6) is -0.111. The topological polar surface area (TPSA) is 65.2 Å². The van der Waals surface area contributed by atoms with Crippen LogP contribution < -0.4 is 10.9 Å². The maximum absolute atomic E-state index is 12.2. The molecule has 1 fully saturated rings. The van der Waals surface area contributed by atoms with Crippen molar-refractivity contribution in [1.29, 1.82) is 0 Å². The smallest absolute Gasteiger partial charge is 0.270 e. The molecule has 1 aliphatic rings. The van der Waals surface area contributed by atoms with Gasteiger partial charge in [0.2, 0.25) is 5.56 Å². The molecule has 1 saturated heterocycles. The molecule has 5 heteroatoms. The van der Waals surface area contributed by atoms with E-state index in [0.717, 1.165) is 32.4 Å². The van der Waals surface area contributed by atoms with Crippen LogP contribution in [0.3, 0.4) is 0 Å². The van der Waals surface area contributed by atoms with Gasteiger partial charge in [0.15, 0.2) is 0 Å². The molecular weight excluding hydrogens is 230 g/mol. The van der Waals surface area contributed by atoms with Crippen LogP contribution in [0.5, 0.6) is 0 Å². The first-order chi connectivity index (χ1) is 8.68. The number of aromatic nitrogens is 1. The first-order valence-corrected chi connectivity index (χ1v) is 6.35. The van der Waals surface area contributed by atoms with E-state index < -0.39 is 0 Å². The lowest BCUT2D eigenvalue weighted by Gasteiger charge is -2.26. The normalized spacial score (nSPS) is 20.2. The number of H-pyrrole nitrogens is 1. The first-order valence-electron chi connectivity index (χ1n) is 6.35. The van der Waals surface area contributed by atoms with Crippen LogP contribution >= 0.6 is 0 Å². The summed E-state index contributed by atoms with van der Waals surface area (Å²) in [7, 11) is 1.81. The van der Waals surface area contributed by atoms with Gasteiger partial charge in [-0.15, -0.1) is 0 Å². The SMILES string of the molecule is CN(C(=O)c1cccc(=O)[nH]1)C1CCCNCC1. The summed E-state index contributed by atoms with van der Waals surface area (Å²) in [5, 5.41) is 3.32. The fraction of sp³-hybridized carbons (Fsp3) is 0.538. The second-order valence-corrected chi connectivity index (χ2v) is 4.68. The molecule has 1 aromatic rings. The average Bonchev–Trinajstić information content (AvgIpc) is 2.66. The van der Waals surface area contributed by atoms with Crippen LogP contribution in [0.25, 0.3) is 0 Å². The number of rotatable bonds is 2. The fourth-order valence-corrected chi connectivity index (χ4v) is 2.32. The molecule has 1 atom stereocenters. The molecule has 0 radical (unpaired) electrons. The Balaban J connectivity index is 2.10. The van der Waals surface area contributed by atoms with E-state index >= 15 is 0 Å². The highest BCUT2D eigenvalue weighted by Gasteiger charge is 2.22. The maximum Gasteiger partial charge on any atom is 0.270 e. The zero-order valence-electron chi connectivity index (χ0n) is 10.6. The fourth-order valence-electron chi connectivity index (χ4n) is 2.32. The summed E-state index contributed by atoms with van der Waals surface area (Å²) in [5.41, 5.74) is 0.124. The first kappa shape index (κ1) is 12.8. The van der Waals surface area contributed by atoms with Gasteiger partial charge in [-0.1, -0.05) is 6.07 Å². The monoisotopic (exact) mass is 249 g/mol. The van der Waals surface area contributed by atoms with Gasteiger partial charge in [-0.3, -0.25) is 9.59 Å². The number of hydrogen-bond acceptors (Lipinski definition) is 3. The quantitative estimate of drug-likeness (QED) is 0.806. The van der Waals surface area contributed by atoms with E-state index in [1.54, 1.807) is 17.0 Å². The Hall–Kier alpha value is -1.62. The van der Waals surface area contributed by atoms with Gasteiger partial charge < -0.3 is 15.2 Å². The summed E-state index contributed by atoms with van der Waals surface area (Å²) in [6.45, 7) is 1.95. The number of hydrogen-bond donors (Lipinski definition) is 2. The van der Waals surface area contributed by atoms with E-state index in [0.29, 0.717) is 5.69 Å². The maximum atomic E-state index is 12.2. The number of nitrogens with one attached hydrogen (secondary N) is 2. The number of amides is 1. The second-order valence-electron chi connectivity index (χ2n) is 4.68. The molecule has 18 heavy (non-hydrogen) atoms. The number of aromatic amines is 1. The standard InChI is InChI=1S/C13H19N3O2/c1-16(10-4-3-8-14-9-7-10)13(18)11-5-2-6-12(17)15-11/h2,5-6,10,14H,3-4,7-9H2,1H3,(H,15,17). The predicted octanol–water partition coefficient (Wildman–Crippen LogP) is 0.589. The highest BCUT2D eigenvalue weighted by Crippen LogP contribution is 2.13. The van der Waals surface area contributed by atoms with E-state index in [-0.39, 0.29) is 17.5 Å². The molecule has 1 amide bonds. The summed E-state index contributed by atoms with van der Waals surface area (Å²) >= 11 is 0. The Morgan fingerprint density at radius 2 is 2.17 bits per heavy atom. The van der Waals surface area contributed by atoms with Crippen LogP contribution in [0.1, 0.15) is 29.8 Å². The molecule has 2 heterocycles. The summed E-state index contributed by atoms with van der Waals surface area (Å²) < 4.78 is 0. The van der Waals surface area contributed by atoms with Crippen molar-refractivity contribution in [2.24, 2.45) is 0 Å². The highest BCUT2D eigenvalue weighted by molar-refractivity contribution is 5.92. The number of nitrogens with zero attached hydrogens (tertiary/aromatic N) is 1. The molecule has 1 aliphatic heterocycles. The molecular formula is C13H19N3O2. The molecule has 98 valence electrons. The lowest BCUT2D eigenvalue weighted by atomic mass is 10.1. The highest BCUT2D eigenvalue weighted by atomic mass is 16.2. The molecule has 0 bridgehead atoms. The van der Waals surface area contributed by atoms with Crippen molar-refractivity contribution in [2.45, 2.75) is 25.3 Å². The molecule has 0 aromatic carbocycles. The van der Waals surface area contributed by atoms with Crippen molar-refractivity contribution in [1.82, 2.24) is 15.2 Å². The van der Waals surface area contributed by atoms with E-state index in [9.17, 15) is 9.59 Å². The van der Waals surface area contributed by atoms with E-state index in [2.05, 4.69) is 10.3 Å². The van der Waals surface area contributed by atoms with E-state index in [1.807, 2.05) is 7.05 Å². The third kappa shape index (κ3) is 2.98. The molecule has 0 saturated carbocycles. The third-order valence-electron chi connectivity index (χ3n) is 3.41. The summed E-state index contributed by atoms with van der Waals surface area (Å²) in [4.78, 5) is 27.8. The minimum absolute atomic E-state index is 0.111. The zero-order valence-corrected chi connectivity index (χ0v) is 10.6. The molecule has 1 unspecified atom stereocenters. The second kappa shape index (κ2) is 5.82. The van der Waals surface area contributed by atoms with E-state index in [1.165, 1.54) is 6.07 Å². The van der Waals surface area contributed by atoms with Gasteiger partial charge in [0.25, 0.3) is 5.91 Å². The molecule has 1 aromatic heterocycles. The number of carbonyl (C=O) groups excluding carboxylic acids is 1.